The topological polar surface area (TPSA) is 92.7 Å². The molecule has 1 aromatic rings. The summed E-state index contributed by atoms with van der Waals surface area (Å²) in [5.74, 6) is -1.19. The predicted molar refractivity (Wildman–Crippen MR) is 82.0 cm³/mol. The zero-order valence-corrected chi connectivity index (χ0v) is 13.1. The second-order valence-corrected chi connectivity index (χ2v) is 7.33. The Balaban J connectivity index is 1.98. The average molecular weight is 327 g/mol. The molecule has 0 aliphatic carbocycles. The van der Waals surface area contributed by atoms with Crippen LogP contribution in [0.1, 0.15) is 18.4 Å². The highest BCUT2D eigenvalue weighted by molar-refractivity contribution is 7.89. The van der Waals surface area contributed by atoms with E-state index in [1.165, 1.54) is 0 Å². The lowest BCUT2D eigenvalue weighted by Gasteiger charge is -2.23. The summed E-state index contributed by atoms with van der Waals surface area (Å²) >= 11 is 0. The van der Waals surface area contributed by atoms with Gasteiger partial charge in [-0.25, -0.2) is 13.1 Å². The van der Waals surface area contributed by atoms with Crippen molar-refractivity contribution in [2.75, 3.05) is 19.0 Å². The number of carboxylic acid groups (broad SMARTS) is 1. The van der Waals surface area contributed by atoms with Gasteiger partial charge < -0.3 is 9.84 Å². The van der Waals surface area contributed by atoms with Gasteiger partial charge in [0.15, 0.2) is 0 Å². The van der Waals surface area contributed by atoms with Crippen LogP contribution in [0.25, 0.3) is 0 Å². The number of hydrogen-bond acceptors (Lipinski definition) is 4. The standard InChI is InChI=1S/C15H21NO5S/c17-15(18)14(10-12-4-2-1-3-5-12)16-22(19,20)11-13-6-8-21-9-7-13/h1-5,13-14,16H,6-11H2,(H,17,18)/t14-/m1/s1. The molecule has 1 fully saturated rings. The molecule has 0 amide bonds. The fraction of sp³-hybridized carbons (Fsp3) is 0.533. The Morgan fingerprint density at radius 2 is 1.91 bits per heavy atom. The second-order valence-electron chi connectivity index (χ2n) is 5.54. The van der Waals surface area contributed by atoms with E-state index in [9.17, 15) is 18.3 Å². The monoisotopic (exact) mass is 327 g/mol. The number of rotatable bonds is 7. The molecule has 0 radical (unpaired) electrons. The molecular formula is C15H21NO5S. The van der Waals surface area contributed by atoms with E-state index in [1.807, 2.05) is 6.07 Å². The van der Waals surface area contributed by atoms with Crippen molar-refractivity contribution in [1.29, 1.82) is 0 Å². The number of ether oxygens (including phenoxy) is 1. The van der Waals surface area contributed by atoms with E-state index < -0.39 is 22.0 Å². The molecule has 0 unspecified atom stereocenters. The number of carbonyl (C=O) groups is 1. The van der Waals surface area contributed by atoms with Gasteiger partial charge in [0.25, 0.3) is 0 Å². The molecule has 0 saturated carbocycles. The Hall–Kier alpha value is -1.44. The Morgan fingerprint density at radius 3 is 2.50 bits per heavy atom. The molecule has 122 valence electrons. The van der Waals surface area contributed by atoms with E-state index in [4.69, 9.17) is 4.74 Å². The van der Waals surface area contributed by atoms with Crippen LogP contribution in [-0.4, -0.2) is 44.5 Å². The molecule has 0 spiro atoms. The molecule has 1 aliphatic heterocycles. The van der Waals surface area contributed by atoms with Crippen LogP contribution in [0.3, 0.4) is 0 Å². The first-order valence-electron chi connectivity index (χ1n) is 7.31. The van der Waals surface area contributed by atoms with E-state index in [0.29, 0.717) is 26.1 Å². The molecule has 0 bridgehead atoms. The highest BCUT2D eigenvalue weighted by atomic mass is 32.2. The number of hydrogen-bond donors (Lipinski definition) is 2. The lowest BCUT2D eigenvalue weighted by atomic mass is 10.0. The van der Waals surface area contributed by atoms with E-state index in [2.05, 4.69) is 4.72 Å². The fourth-order valence-electron chi connectivity index (χ4n) is 2.52. The summed E-state index contributed by atoms with van der Waals surface area (Å²) in [5.41, 5.74) is 0.781. The van der Waals surface area contributed by atoms with E-state index >= 15 is 0 Å². The second kappa shape index (κ2) is 7.71. The summed E-state index contributed by atoms with van der Waals surface area (Å²) in [4.78, 5) is 11.3. The molecule has 7 heteroatoms. The minimum absolute atomic E-state index is 0.0254. The van der Waals surface area contributed by atoms with Gasteiger partial charge in [0, 0.05) is 13.2 Å². The number of aliphatic carboxylic acids is 1. The van der Waals surface area contributed by atoms with Crippen molar-refractivity contribution >= 4 is 16.0 Å². The summed E-state index contributed by atoms with van der Waals surface area (Å²) in [6.45, 7) is 1.12. The van der Waals surface area contributed by atoms with Crippen molar-refractivity contribution < 1.29 is 23.1 Å². The number of carboxylic acids is 1. The van der Waals surface area contributed by atoms with E-state index in [-0.39, 0.29) is 18.1 Å². The van der Waals surface area contributed by atoms with Crippen molar-refractivity contribution in [3.63, 3.8) is 0 Å². The molecule has 2 N–H and O–H groups in total. The van der Waals surface area contributed by atoms with Crippen LogP contribution >= 0.6 is 0 Å². The molecule has 0 aromatic heterocycles. The van der Waals surface area contributed by atoms with Gasteiger partial charge in [0.2, 0.25) is 10.0 Å². The number of sulfonamides is 1. The quantitative estimate of drug-likeness (QED) is 0.780. The Kier molecular flexibility index (Phi) is 5.93. The van der Waals surface area contributed by atoms with Gasteiger partial charge in [-0.05, 0) is 30.7 Å². The summed E-state index contributed by atoms with van der Waals surface area (Å²) in [5, 5.41) is 9.26. The Labute approximate surface area is 130 Å². The molecule has 22 heavy (non-hydrogen) atoms. The molecule has 1 atom stereocenters. The maximum Gasteiger partial charge on any atom is 0.322 e. The van der Waals surface area contributed by atoms with Crippen LogP contribution in [0.4, 0.5) is 0 Å². The zero-order chi connectivity index (χ0) is 16.0. The van der Waals surface area contributed by atoms with Crippen LogP contribution in [0.5, 0.6) is 0 Å². The van der Waals surface area contributed by atoms with Crippen molar-refractivity contribution in [2.24, 2.45) is 5.92 Å². The Morgan fingerprint density at radius 1 is 1.27 bits per heavy atom. The van der Waals surface area contributed by atoms with E-state index in [1.54, 1.807) is 24.3 Å². The summed E-state index contributed by atoms with van der Waals surface area (Å²) < 4.78 is 31.9. The smallest absolute Gasteiger partial charge is 0.322 e. The minimum Gasteiger partial charge on any atom is -0.480 e. The summed E-state index contributed by atoms with van der Waals surface area (Å²) in [7, 11) is -3.63. The molecule has 6 nitrogen and oxygen atoms in total. The number of nitrogens with one attached hydrogen (secondary N) is 1. The fourth-order valence-corrected chi connectivity index (χ4v) is 4.19. The largest absolute Gasteiger partial charge is 0.480 e. The van der Waals surface area contributed by atoms with Crippen molar-refractivity contribution in [3.8, 4) is 0 Å². The first-order valence-corrected chi connectivity index (χ1v) is 8.96. The molecule has 1 aliphatic rings. The third kappa shape index (κ3) is 5.40. The van der Waals surface area contributed by atoms with Crippen molar-refractivity contribution in [2.45, 2.75) is 25.3 Å². The van der Waals surface area contributed by atoms with Gasteiger partial charge in [0.05, 0.1) is 5.75 Å². The average Bonchev–Trinajstić information content (AvgIpc) is 2.48. The summed E-state index contributed by atoms with van der Waals surface area (Å²) in [6, 6.07) is 7.84. The molecule has 1 saturated heterocycles. The lowest BCUT2D eigenvalue weighted by molar-refractivity contribution is -0.138. The lowest BCUT2D eigenvalue weighted by Crippen LogP contribution is -2.44. The SMILES string of the molecule is O=C(O)[C@@H](Cc1ccccc1)NS(=O)(=O)CC1CCOCC1. The van der Waals surface area contributed by atoms with Crippen LogP contribution < -0.4 is 4.72 Å². The van der Waals surface area contributed by atoms with E-state index in [0.717, 1.165) is 5.56 Å². The predicted octanol–water partition coefficient (Wildman–Crippen LogP) is 1.03. The zero-order valence-electron chi connectivity index (χ0n) is 12.3. The maximum atomic E-state index is 12.2. The molecular weight excluding hydrogens is 306 g/mol. The van der Waals surface area contributed by atoms with Gasteiger partial charge in [-0.15, -0.1) is 0 Å². The Bertz CT molecular complexity index is 581. The van der Waals surface area contributed by atoms with Crippen LogP contribution in [0, 0.1) is 5.92 Å². The van der Waals surface area contributed by atoms with Crippen molar-refractivity contribution in [3.05, 3.63) is 35.9 Å². The third-order valence-corrected chi connectivity index (χ3v) is 5.25. The van der Waals surface area contributed by atoms with Gasteiger partial charge in [-0.1, -0.05) is 30.3 Å². The highest BCUT2D eigenvalue weighted by Crippen LogP contribution is 2.16. The normalized spacial score (nSPS) is 18.0. The minimum atomic E-state index is -3.63. The van der Waals surface area contributed by atoms with Gasteiger partial charge in [0.1, 0.15) is 6.04 Å². The van der Waals surface area contributed by atoms with Crippen LogP contribution in [0.15, 0.2) is 30.3 Å². The maximum absolute atomic E-state index is 12.2. The summed E-state index contributed by atoms with van der Waals surface area (Å²) in [6.07, 6.45) is 1.51. The first kappa shape index (κ1) is 16.9. The first-order chi connectivity index (χ1) is 10.5. The van der Waals surface area contributed by atoms with Gasteiger partial charge in [-0.3, -0.25) is 4.79 Å². The molecule has 2 rings (SSSR count). The number of benzene rings is 1. The molecule has 1 heterocycles. The molecule has 1 aromatic carbocycles. The highest BCUT2D eigenvalue weighted by Gasteiger charge is 2.27. The van der Waals surface area contributed by atoms with Crippen LogP contribution in [0.2, 0.25) is 0 Å². The van der Waals surface area contributed by atoms with Crippen LogP contribution in [-0.2, 0) is 26.0 Å². The third-order valence-electron chi connectivity index (χ3n) is 3.70. The van der Waals surface area contributed by atoms with Crippen molar-refractivity contribution in [1.82, 2.24) is 4.72 Å². The van der Waals surface area contributed by atoms with Gasteiger partial charge in [-0.2, -0.15) is 0 Å². The van der Waals surface area contributed by atoms with Gasteiger partial charge >= 0.3 is 5.97 Å².